The van der Waals surface area contributed by atoms with E-state index in [1.165, 1.54) is 23.8 Å². The van der Waals surface area contributed by atoms with Crippen LogP contribution in [0.25, 0.3) is 32.1 Å². The maximum absolute atomic E-state index is 17.1. The van der Waals surface area contributed by atoms with Crippen molar-refractivity contribution >= 4 is 49.1 Å². The number of carbonyl (C=O) groups is 1. The largest absolute Gasteiger partial charge is 0.461 e. The number of ether oxygens (including phenoxy) is 1. The predicted octanol–water partition coefficient (Wildman–Crippen LogP) is 6.61. The Bertz CT molecular complexity index is 2100. The van der Waals surface area contributed by atoms with E-state index in [9.17, 15) is 36.4 Å². The number of fused-ring (bicyclic) bond motifs is 3. The number of amides is 1. The molecule has 3 aliphatic heterocycles. The second kappa shape index (κ2) is 12.7. The molecule has 4 atom stereocenters. The van der Waals surface area contributed by atoms with Crippen molar-refractivity contribution in [2.75, 3.05) is 50.6 Å². The van der Waals surface area contributed by atoms with Crippen LogP contribution >= 0.6 is 11.3 Å². The molecule has 3 fully saturated rings. The molecular formula is C34H32F7N7O2S. The van der Waals surface area contributed by atoms with Crippen LogP contribution in [0.4, 0.5) is 41.6 Å². The van der Waals surface area contributed by atoms with Gasteiger partial charge >= 0.3 is 12.2 Å². The number of alkyl halides is 5. The molecule has 0 aliphatic carbocycles. The van der Waals surface area contributed by atoms with Crippen LogP contribution in [-0.4, -0.2) is 89.4 Å². The molecule has 7 rings (SSSR count). The van der Waals surface area contributed by atoms with Crippen molar-refractivity contribution in [1.82, 2.24) is 19.8 Å². The third kappa shape index (κ3) is 5.76. The first kappa shape index (κ1) is 35.0. The van der Waals surface area contributed by atoms with Gasteiger partial charge in [-0.15, -0.1) is 11.3 Å². The summed E-state index contributed by atoms with van der Waals surface area (Å²) < 4.78 is 111. The molecule has 3 aliphatic rings. The lowest BCUT2D eigenvalue weighted by Gasteiger charge is -2.31. The summed E-state index contributed by atoms with van der Waals surface area (Å²) in [5, 5.41) is 9.03. The number of aromatic nitrogens is 2. The Hall–Kier alpha value is -4.43. The zero-order valence-corrected chi connectivity index (χ0v) is 28.3. The van der Waals surface area contributed by atoms with E-state index in [1.54, 1.807) is 6.07 Å². The average Bonchev–Trinajstić information content (AvgIpc) is 3.84. The normalized spacial score (nSPS) is 23.7. The summed E-state index contributed by atoms with van der Waals surface area (Å²) in [6, 6.07) is 2.51. The number of nitrogen functional groups attached to an aromatic ring is 1. The summed E-state index contributed by atoms with van der Waals surface area (Å²) in [5.41, 5.74) is 1.56. The summed E-state index contributed by atoms with van der Waals surface area (Å²) in [6.45, 7) is 1.27. The molecule has 9 nitrogen and oxygen atoms in total. The molecule has 2 aromatic carbocycles. The highest BCUT2D eigenvalue weighted by molar-refractivity contribution is 7.23. The summed E-state index contributed by atoms with van der Waals surface area (Å²) in [6.07, 6.45) is -4.52. The number of thiophene rings is 1. The number of nitrogens with zero attached hydrogens (tertiary/aromatic N) is 6. The van der Waals surface area contributed by atoms with Crippen molar-refractivity contribution in [2.24, 2.45) is 0 Å². The lowest BCUT2D eigenvalue weighted by molar-refractivity contribution is -0.137. The van der Waals surface area contributed by atoms with Crippen LogP contribution in [0, 0.1) is 23.0 Å². The molecule has 1 amide bonds. The summed E-state index contributed by atoms with van der Waals surface area (Å²) in [4.78, 5) is 25.8. The van der Waals surface area contributed by atoms with Crippen molar-refractivity contribution in [2.45, 2.75) is 62.6 Å². The topological polar surface area (TPSA) is 112 Å². The molecule has 51 heavy (non-hydrogen) atoms. The van der Waals surface area contributed by atoms with E-state index in [0.717, 1.165) is 18.6 Å². The second-order valence-corrected chi connectivity index (χ2v) is 14.5. The maximum Gasteiger partial charge on any atom is 0.417 e. The van der Waals surface area contributed by atoms with Crippen LogP contribution < -0.4 is 15.4 Å². The van der Waals surface area contributed by atoms with Gasteiger partial charge < -0.3 is 20.3 Å². The molecule has 4 unspecified atom stereocenters. The molecule has 0 saturated carbocycles. The monoisotopic (exact) mass is 735 g/mol. The van der Waals surface area contributed by atoms with Gasteiger partial charge in [-0.1, -0.05) is 6.07 Å². The number of nitrogens with two attached hydrogens (primary N) is 1. The standard InChI is InChI=1S/C34H32F7N7O2S/c1-16(49)48-14-19(8-18(48)11-35)46(2)31-21-9-23(34(39,40)41)26(20-4-5-24(37)29-25(20)22(12-42)30(43)51-29)27(38)28(21)44-32(45-31)50-15-33-6-3-7-47(33)13-17(36)10-33/h4-5,9,17-19H,3,6-8,10-11,13-15,43H2,1-2H3. The number of benzene rings is 2. The van der Waals surface area contributed by atoms with Gasteiger partial charge in [-0.05, 0) is 43.5 Å². The van der Waals surface area contributed by atoms with Gasteiger partial charge in [-0.2, -0.15) is 28.4 Å². The highest BCUT2D eigenvalue weighted by Crippen LogP contribution is 2.48. The number of carbonyl (C=O) groups excluding carboxylic acids is 1. The molecule has 17 heteroatoms. The number of likely N-dealkylation sites (tertiary alicyclic amines) is 1. The minimum absolute atomic E-state index is 0.0227. The maximum atomic E-state index is 17.1. The summed E-state index contributed by atoms with van der Waals surface area (Å²) >= 11 is 0.653. The Balaban J connectivity index is 1.44. The number of anilines is 2. The number of hydrogen-bond donors (Lipinski definition) is 1. The van der Waals surface area contributed by atoms with Gasteiger partial charge in [-0.3, -0.25) is 9.69 Å². The number of hydrogen-bond acceptors (Lipinski definition) is 9. The van der Waals surface area contributed by atoms with Crippen LogP contribution in [0.15, 0.2) is 18.2 Å². The Morgan fingerprint density at radius 1 is 1.25 bits per heavy atom. The lowest BCUT2D eigenvalue weighted by Crippen LogP contribution is -2.43. The van der Waals surface area contributed by atoms with E-state index in [-0.39, 0.29) is 76.3 Å². The third-order valence-corrected chi connectivity index (χ3v) is 11.5. The van der Waals surface area contributed by atoms with Crippen molar-refractivity contribution in [1.29, 1.82) is 5.26 Å². The number of nitriles is 1. The Labute approximate surface area is 291 Å². The fraction of sp³-hybridized carbons (Fsp3) is 0.471. The van der Waals surface area contributed by atoms with E-state index >= 15 is 4.39 Å². The SMILES string of the molecule is CC(=O)N1CC(N(C)c2nc(OCC34CCCN3CC(F)C4)nc3c(F)c(-c4ccc(F)c5sc(N)c(C#N)c45)c(C(F)(F)F)cc23)CC1CF. The van der Waals surface area contributed by atoms with Gasteiger partial charge in [0, 0.05) is 55.9 Å². The van der Waals surface area contributed by atoms with Gasteiger partial charge in [0.2, 0.25) is 5.91 Å². The van der Waals surface area contributed by atoms with E-state index in [4.69, 9.17) is 10.5 Å². The molecule has 0 spiro atoms. The van der Waals surface area contributed by atoms with Crippen molar-refractivity contribution in [3.8, 4) is 23.2 Å². The molecular weight excluding hydrogens is 703 g/mol. The highest BCUT2D eigenvalue weighted by Gasteiger charge is 2.49. The lowest BCUT2D eigenvalue weighted by atomic mass is 9.92. The zero-order valence-electron chi connectivity index (χ0n) is 27.5. The molecule has 5 heterocycles. The molecule has 3 saturated heterocycles. The first-order chi connectivity index (χ1) is 24.2. The fourth-order valence-corrected chi connectivity index (χ4v) is 8.99. The van der Waals surface area contributed by atoms with E-state index in [2.05, 4.69) is 9.97 Å². The summed E-state index contributed by atoms with van der Waals surface area (Å²) in [5.74, 6) is -2.85. The smallest absolute Gasteiger partial charge is 0.417 e. The minimum Gasteiger partial charge on any atom is -0.461 e. The molecule has 270 valence electrons. The second-order valence-electron chi connectivity index (χ2n) is 13.4. The Kier molecular flexibility index (Phi) is 8.68. The molecule has 2 aromatic heterocycles. The molecule has 2 N–H and O–H groups in total. The minimum atomic E-state index is -5.17. The third-order valence-electron chi connectivity index (χ3n) is 10.5. The fourth-order valence-electron chi connectivity index (χ4n) is 8.05. The van der Waals surface area contributed by atoms with Crippen LogP contribution in [-0.2, 0) is 11.0 Å². The van der Waals surface area contributed by atoms with E-state index in [1.807, 2.05) is 4.90 Å². The number of likely N-dealkylation sites (N-methyl/N-ethyl adjacent to an activating group) is 1. The number of halogens is 7. The van der Waals surface area contributed by atoms with Crippen molar-refractivity contribution < 1.29 is 40.3 Å². The van der Waals surface area contributed by atoms with Crippen molar-refractivity contribution in [3.05, 3.63) is 41.0 Å². The zero-order chi connectivity index (χ0) is 36.6. The van der Waals surface area contributed by atoms with Crippen LogP contribution in [0.5, 0.6) is 6.01 Å². The Morgan fingerprint density at radius 2 is 2.02 bits per heavy atom. The van der Waals surface area contributed by atoms with Crippen LogP contribution in [0.3, 0.4) is 0 Å². The van der Waals surface area contributed by atoms with E-state index < -0.39 is 70.5 Å². The first-order valence-electron chi connectivity index (χ1n) is 16.3. The predicted molar refractivity (Wildman–Crippen MR) is 177 cm³/mol. The Morgan fingerprint density at radius 3 is 2.69 bits per heavy atom. The highest BCUT2D eigenvalue weighted by atomic mass is 32.1. The van der Waals surface area contributed by atoms with Crippen LogP contribution in [0.1, 0.15) is 43.7 Å². The molecule has 4 aromatic rings. The van der Waals surface area contributed by atoms with Gasteiger partial charge in [0.1, 0.15) is 47.7 Å². The van der Waals surface area contributed by atoms with Gasteiger partial charge in [0.15, 0.2) is 5.82 Å². The van der Waals surface area contributed by atoms with Gasteiger partial charge in [0.05, 0.1) is 27.4 Å². The van der Waals surface area contributed by atoms with Gasteiger partial charge in [-0.25, -0.2) is 17.6 Å². The first-order valence-corrected chi connectivity index (χ1v) is 17.1. The summed E-state index contributed by atoms with van der Waals surface area (Å²) in [7, 11) is 1.49. The van der Waals surface area contributed by atoms with Crippen molar-refractivity contribution in [3.63, 3.8) is 0 Å². The van der Waals surface area contributed by atoms with E-state index in [0.29, 0.717) is 30.4 Å². The quantitative estimate of drug-likeness (QED) is 0.211. The number of rotatable bonds is 7. The molecule has 0 bridgehead atoms. The van der Waals surface area contributed by atoms with Gasteiger partial charge in [0.25, 0.3) is 0 Å². The van der Waals surface area contributed by atoms with Crippen LogP contribution in [0.2, 0.25) is 0 Å². The molecule has 0 radical (unpaired) electrons. The average molecular weight is 736 g/mol.